The van der Waals surface area contributed by atoms with Gasteiger partial charge in [0, 0.05) is 19.6 Å². The lowest BCUT2D eigenvalue weighted by atomic mass is 9.99. The third kappa shape index (κ3) is 3.90. The van der Waals surface area contributed by atoms with Crippen LogP contribution in [0.2, 0.25) is 0 Å². The molecule has 1 aliphatic heterocycles. The minimum Gasteiger partial charge on any atom is -0.481 e. The molecule has 0 spiro atoms. The summed E-state index contributed by atoms with van der Waals surface area (Å²) in [4.78, 5) is 24.3. The number of hydrogen-bond acceptors (Lipinski definition) is 2. The van der Waals surface area contributed by atoms with Crippen LogP contribution in [0, 0.1) is 17.6 Å². The van der Waals surface area contributed by atoms with E-state index in [-0.39, 0.29) is 13.1 Å². The van der Waals surface area contributed by atoms with Crippen molar-refractivity contribution in [3.63, 3.8) is 0 Å². The number of nitrogens with one attached hydrogen (secondary N) is 1. The molecule has 1 atom stereocenters. The first-order valence-electron chi connectivity index (χ1n) is 6.67. The molecule has 2 N–H and O–H groups in total. The zero-order chi connectivity index (χ0) is 15.4. The van der Waals surface area contributed by atoms with Crippen molar-refractivity contribution in [1.29, 1.82) is 0 Å². The van der Waals surface area contributed by atoms with E-state index in [1.165, 1.54) is 11.0 Å². The minimum absolute atomic E-state index is 0.0598. The second-order valence-electron chi connectivity index (χ2n) is 5.03. The van der Waals surface area contributed by atoms with Gasteiger partial charge in [-0.05, 0) is 30.5 Å². The highest BCUT2D eigenvalue weighted by molar-refractivity contribution is 5.76. The van der Waals surface area contributed by atoms with Crippen LogP contribution in [0.4, 0.5) is 13.6 Å². The van der Waals surface area contributed by atoms with Crippen molar-refractivity contribution in [1.82, 2.24) is 10.2 Å². The van der Waals surface area contributed by atoms with E-state index in [1.807, 2.05) is 0 Å². The molecule has 1 aliphatic rings. The van der Waals surface area contributed by atoms with E-state index in [2.05, 4.69) is 5.32 Å². The number of amides is 2. The Morgan fingerprint density at radius 1 is 1.33 bits per heavy atom. The molecule has 0 aliphatic carbocycles. The van der Waals surface area contributed by atoms with Crippen molar-refractivity contribution in [2.45, 2.75) is 19.4 Å². The third-order valence-corrected chi connectivity index (χ3v) is 3.49. The van der Waals surface area contributed by atoms with E-state index >= 15 is 0 Å². The second kappa shape index (κ2) is 6.51. The predicted octanol–water partition coefficient (Wildman–Crippen LogP) is 1.97. The third-order valence-electron chi connectivity index (χ3n) is 3.49. The zero-order valence-electron chi connectivity index (χ0n) is 11.3. The number of halogens is 2. The molecule has 1 aromatic carbocycles. The Morgan fingerprint density at radius 2 is 2.10 bits per heavy atom. The first-order chi connectivity index (χ1) is 9.97. The molecule has 1 unspecified atom stereocenters. The highest BCUT2D eigenvalue weighted by Gasteiger charge is 2.27. The summed E-state index contributed by atoms with van der Waals surface area (Å²) >= 11 is 0. The Bertz CT molecular complexity index is 551. The molecule has 0 aromatic heterocycles. The van der Waals surface area contributed by atoms with Crippen LogP contribution in [-0.2, 0) is 11.3 Å². The molecule has 7 heteroatoms. The average molecular weight is 298 g/mol. The Hall–Kier alpha value is -2.18. The molecule has 2 rings (SSSR count). The monoisotopic (exact) mass is 298 g/mol. The Balaban J connectivity index is 1.89. The number of carboxylic acid groups (broad SMARTS) is 1. The van der Waals surface area contributed by atoms with E-state index in [0.29, 0.717) is 24.9 Å². The maximum atomic E-state index is 13.0. The fourth-order valence-corrected chi connectivity index (χ4v) is 2.30. The molecule has 1 fully saturated rings. The van der Waals surface area contributed by atoms with E-state index in [9.17, 15) is 18.4 Å². The molecule has 1 saturated heterocycles. The van der Waals surface area contributed by atoms with Crippen LogP contribution >= 0.6 is 0 Å². The summed E-state index contributed by atoms with van der Waals surface area (Å²) in [6.45, 7) is 0.719. The van der Waals surface area contributed by atoms with E-state index in [0.717, 1.165) is 12.1 Å². The van der Waals surface area contributed by atoms with Crippen LogP contribution in [0.15, 0.2) is 18.2 Å². The topological polar surface area (TPSA) is 69.6 Å². The van der Waals surface area contributed by atoms with E-state index < -0.39 is 29.6 Å². The lowest BCUT2D eigenvalue weighted by molar-refractivity contribution is -0.143. The van der Waals surface area contributed by atoms with Gasteiger partial charge in [-0.15, -0.1) is 0 Å². The number of nitrogens with zero attached hydrogens (tertiary/aromatic N) is 1. The minimum atomic E-state index is -0.967. The number of piperidine rings is 1. The van der Waals surface area contributed by atoms with Crippen molar-refractivity contribution < 1.29 is 23.5 Å². The number of urea groups is 1. The Morgan fingerprint density at radius 3 is 2.76 bits per heavy atom. The number of likely N-dealkylation sites (tertiary alicyclic amines) is 1. The largest absolute Gasteiger partial charge is 0.481 e. The molecule has 0 radical (unpaired) electrons. The number of benzene rings is 1. The van der Waals surface area contributed by atoms with Gasteiger partial charge in [-0.1, -0.05) is 6.07 Å². The van der Waals surface area contributed by atoms with Gasteiger partial charge in [0.1, 0.15) is 0 Å². The van der Waals surface area contributed by atoms with Crippen molar-refractivity contribution in [3.05, 3.63) is 35.4 Å². The van der Waals surface area contributed by atoms with Crippen molar-refractivity contribution in [2.24, 2.45) is 5.92 Å². The SMILES string of the molecule is O=C(O)C1CCCN(C(=O)NCc2ccc(F)c(F)c2)C1. The number of hydrogen-bond donors (Lipinski definition) is 2. The van der Waals surface area contributed by atoms with Gasteiger partial charge in [0.2, 0.25) is 0 Å². The predicted molar refractivity (Wildman–Crippen MR) is 70.5 cm³/mol. The zero-order valence-corrected chi connectivity index (χ0v) is 11.3. The van der Waals surface area contributed by atoms with Gasteiger partial charge in [0.15, 0.2) is 11.6 Å². The first-order valence-corrected chi connectivity index (χ1v) is 6.67. The maximum Gasteiger partial charge on any atom is 0.317 e. The first kappa shape index (κ1) is 15.2. The number of carbonyl (C=O) groups excluding carboxylic acids is 1. The van der Waals surface area contributed by atoms with Gasteiger partial charge in [0.05, 0.1) is 5.92 Å². The highest BCUT2D eigenvalue weighted by Crippen LogP contribution is 2.16. The van der Waals surface area contributed by atoms with Crippen LogP contribution in [0.3, 0.4) is 0 Å². The summed E-state index contributed by atoms with van der Waals surface area (Å²) in [6.07, 6.45) is 1.19. The molecule has 114 valence electrons. The quantitative estimate of drug-likeness (QED) is 0.896. The Labute approximate surface area is 120 Å². The second-order valence-corrected chi connectivity index (χ2v) is 5.03. The smallest absolute Gasteiger partial charge is 0.317 e. The van der Waals surface area contributed by atoms with Gasteiger partial charge in [0.25, 0.3) is 0 Å². The van der Waals surface area contributed by atoms with Gasteiger partial charge < -0.3 is 15.3 Å². The summed E-state index contributed by atoms with van der Waals surface area (Å²) in [7, 11) is 0. The van der Waals surface area contributed by atoms with E-state index in [1.54, 1.807) is 0 Å². The van der Waals surface area contributed by atoms with Crippen molar-refractivity contribution >= 4 is 12.0 Å². The molecule has 2 amide bonds. The Kier molecular flexibility index (Phi) is 4.72. The standard InChI is InChI=1S/C14H16F2N2O3/c15-11-4-3-9(6-12(11)16)7-17-14(21)18-5-1-2-10(8-18)13(19)20/h3-4,6,10H,1-2,5,7-8H2,(H,17,21)(H,19,20). The highest BCUT2D eigenvalue weighted by atomic mass is 19.2. The number of rotatable bonds is 3. The molecule has 1 aromatic rings. The molecular formula is C14H16F2N2O3. The van der Waals surface area contributed by atoms with Crippen LogP contribution in [0.25, 0.3) is 0 Å². The lowest BCUT2D eigenvalue weighted by Crippen LogP contribution is -2.46. The van der Waals surface area contributed by atoms with Gasteiger partial charge in [-0.25, -0.2) is 13.6 Å². The molecule has 0 saturated carbocycles. The van der Waals surface area contributed by atoms with Gasteiger partial charge in [-0.3, -0.25) is 4.79 Å². The molecule has 21 heavy (non-hydrogen) atoms. The van der Waals surface area contributed by atoms with Crippen LogP contribution in [0.1, 0.15) is 18.4 Å². The number of aliphatic carboxylic acids is 1. The normalized spacial score (nSPS) is 18.4. The van der Waals surface area contributed by atoms with Crippen LogP contribution in [0.5, 0.6) is 0 Å². The van der Waals surface area contributed by atoms with Crippen LogP contribution in [-0.4, -0.2) is 35.1 Å². The molecule has 0 bridgehead atoms. The molecule has 5 nitrogen and oxygen atoms in total. The van der Waals surface area contributed by atoms with Gasteiger partial charge in [-0.2, -0.15) is 0 Å². The summed E-state index contributed by atoms with van der Waals surface area (Å²) < 4.78 is 25.8. The fourth-order valence-electron chi connectivity index (χ4n) is 2.30. The lowest BCUT2D eigenvalue weighted by Gasteiger charge is -2.30. The van der Waals surface area contributed by atoms with Crippen molar-refractivity contribution in [2.75, 3.05) is 13.1 Å². The molecular weight excluding hydrogens is 282 g/mol. The van der Waals surface area contributed by atoms with Gasteiger partial charge >= 0.3 is 12.0 Å². The maximum absolute atomic E-state index is 13.0. The van der Waals surface area contributed by atoms with Crippen LogP contribution < -0.4 is 5.32 Å². The molecule has 1 heterocycles. The van der Waals surface area contributed by atoms with E-state index in [4.69, 9.17) is 5.11 Å². The summed E-state index contributed by atoms with van der Waals surface area (Å²) in [5, 5.41) is 11.5. The summed E-state index contributed by atoms with van der Waals surface area (Å²) in [5.41, 5.74) is 0.439. The average Bonchev–Trinajstić information content (AvgIpc) is 2.48. The number of carbonyl (C=O) groups is 2. The summed E-state index contributed by atoms with van der Waals surface area (Å²) in [5.74, 6) is -3.36. The fraction of sp³-hybridized carbons (Fsp3) is 0.429. The number of carboxylic acids is 1. The summed E-state index contributed by atoms with van der Waals surface area (Å²) in [6, 6.07) is 3.00. The van der Waals surface area contributed by atoms with Crippen molar-refractivity contribution in [3.8, 4) is 0 Å².